The zero-order chi connectivity index (χ0) is 25.5. The van der Waals surface area contributed by atoms with Gasteiger partial charge in [-0.2, -0.15) is 4.31 Å². The van der Waals surface area contributed by atoms with Crippen LogP contribution < -0.4 is 4.72 Å². The molecule has 1 saturated heterocycles. The Balaban J connectivity index is 1.94. The van der Waals surface area contributed by atoms with Crippen molar-refractivity contribution < 1.29 is 30.4 Å². The third kappa shape index (κ3) is 5.69. The van der Waals surface area contributed by atoms with Gasteiger partial charge in [0, 0.05) is 13.1 Å². The van der Waals surface area contributed by atoms with E-state index in [2.05, 4.69) is 4.72 Å². The van der Waals surface area contributed by atoms with Crippen LogP contribution in [0.25, 0.3) is 0 Å². The second kappa shape index (κ2) is 9.67. The molecule has 1 aliphatic heterocycles. The topological polar surface area (TPSA) is 138 Å². The standard InChI is InChI=1S/C22H30N2O7S3/c1-15-5-7-17(3)21(11-15)33(28,29)23-9-10-24(19-13-32(26,27)14-20(19)25)34(30,31)22-12-16(2)6-8-18(22)4/h5-8,11-12,19-20,23,25H,9-10,13-14H2,1-4H3/t19-,20-/m1/s1. The maximum atomic E-state index is 13.6. The number of sulfone groups is 1. The van der Waals surface area contributed by atoms with Crippen LogP contribution in [0.3, 0.4) is 0 Å². The summed E-state index contributed by atoms with van der Waals surface area (Å²) in [6.45, 7) is 6.12. The lowest BCUT2D eigenvalue weighted by Crippen LogP contribution is -2.49. The number of benzene rings is 2. The van der Waals surface area contributed by atoms with Crippen molar-refractivity contribution in [2.24, 2.45) is 0 Å². The van der Waals surface area contributed by atoms with Gasteiger partial charge in [0.25, 0.3) is 0 Å². The Bertz CT molecular complexity index is 1400. The number of hydrogen-bond acceptors (Lipinski definition) is 7. The number of rotatable bonds is 8. The Morgan fingerprint density at radius 1 is 0.912 bits per heavy atom. The van der Waals surface area contributed by atoms with Crippen LogP contribution in [0, 0.1) is 27.7 Å². The molecule has 2 aromatic carbocycles. The molecule has 9 nitrogen and oxygen atoms in total. The van der Waals surface area contributed by atoms with E-state index >= 15 is 0 Å². The first kappa shape index (κ1) is 26.8. The van der Waals surface area contributed by atoms with Crippen molar-refractivity contribution in [3.8, 4) is 0 Å². The maximum absolute atomic E-state index is 13.6. The van der Waals surface area contributed by atoms with Crippen LogP contribution in [0.15, 0.2) is 46.2 Å². The van der Waals surface area contributed by atoms with Crippen LogP contribution in [0.1, 0.15) is 22.3 Å². The van der Waals surface area contributed by atoms with E-state index < -0.39 is 53.5 Å². The SMILES string of the molecule is Cc1ccc(C)c(S(=O)(=O)NCCN([C@@H]2CS(=O)(=O)C[C@H]2O)S(=O)(=O)c2cc(C)ccc2C)c1. The van der Waals surface area contributed by atoms with Gasteiger partial charge in [0.1, 0.15) is 0 Å². The smallest absolute Gasteiger partial charge is 0.243 e. The lowest BCUT2D eigenvalue weighted by molar-refractivity contribution is 0.128. The van der Waals surface area contributed by atoms with Gasteiger partial charge in [0.05, 0.1) is 33.4 Å². The van der Waals surface area contributed by atoms with Gasteiger partial charge in [0.15, 0.2) is 9.84 Å². The molecule has 0 spiro atoms. The van der Waals surface area contributed by atoms with E-state index in [1.54, 1.807) is 52.0 Å². The number of nitrogens with zero attached hydrogens (tertiary/aromatic N) is 1. The van der Waals surface area contributed by atoms with Gasteiger partial charge >= 0.3 is 0 Å². The third-order valence-corrected chi connectivity index (χ3v) is 11.2. The Kier molecular flexibility index (Phi) is 7.61. The Hall–Kier alpha value is -1.83. The van der Waals surface area contributed by atoms with Gasteiger partial charge < -0.3 is 5.11 Å². The molecule has 0 radical (unpaired) electrons. The van der Waals surface area contributed by atoms with Crippen LogP contribution in [0.5, 0.6) is 0 Å². The molecule has 0 unspecified atom stereocenters. The van der Waals surface area contributed by atoms with Crippen molar-refractivity contribution in [2.45, 2.75) is 49.6 Å². The molecule has 1 aliphatic rings. The van der Waals surface area contributed by atoms with Gasteiger partial charge in [0.2, 0.25) is 20.0 Å². The minimum absolute atomic E-state index is 0.0126. The van der Waals surface area contributed by atoms with E-state index in [0.29, 0.717) is 16.7 Å². The molecule has 0 saturated carbocycles. The van der Waals surface area contributed by atoms with Crippen LogP contribution in [-0.2, 0) is 29.9 Å². The van der Waals surface area contributed by atoms with E-state index in [0.717, 1.165) is 9.87 Å². The highest BCUT2D eigenvalue weighted by molar-refractivity contribution is 7.92. The number of aliphatic hydroxyl groups excluding tert-OH is 1. The van der Waals surface area contributed by atoms with Crippen LogP contribution >= 0.6 is 0 Å². The summed E-state index contributed by atoms with van der Waals surface area (Å²) >= 11 is 0. The summed E-state index contributed by atoms with van der Waals surface area (Å²) in [5, 5.41) is 10.4. The second-order valence-electron chi connectivity index (χ2n) is 8.76. The summed E-state index contributed by atoms with van der Waals surface area (Å²) in [5.74, 6) is -1.09. The quantitative estimate of drug-likeness (QED) is 0.520. The molecule has 12 heteroatoms. The normalized spacial score (nSPS) is 20.6. The van der Waals surface area contributed by atoms with Gasteiger partial charge in [-0.3, -0.25) is 0 Å². The highest BCUT2D eigenvalue weighted by Crippen LogP contribution is 2.28. The molecule has 2 N–H and O–H groups in total. The zero-order valence-corrected chi connectivity index (χ0v) is 22.0. The molecule has 1 heterocycles. The van der Waals surface area contributed by atoms with Crippen LogP contribution in [0.2, 0.25) is 0 Å². The largest absolute Gasteiger partial charge is 0.390 e. The molecule has 0 bridgehead atoms. The monoisotopic (exact) mass is 530 g/mol. The van der Waals surface area contributed by atoms with Crippen molar-refractivity contribution in [2.75, 3.05) is 24.6 Å². The van der Waals surface area contributed by atoms with Crippen LogP contribution in [-0.4, -0.2) is 71.4 Å². The third-order valence-electron chi connectivity index (χ3n) is 5.85. The van der Waals surface area contributed by atoms with E-state index in [4.69, 9.17) is 0 Å². The van der Waals surface area contributed by atoms with E-state index in [1.807, 2.05) is 0 Å². The minimum Gasteiger partial charge on any atom is -0.390 e. The molecule has 0 aliphatic carbocycles. The molecular weight excluding hydrogens is 500 g/mol. The van der Waals surface area contributed by atoms with Crippen molar-refractivity contribution >= 4 is 29.9 Å². The summed E-state index contributed by atoms with van der Waals surface area (Å²) in [5.41, 5.74) is 2.45. The fourth-order valence-electron chi connectivity index (χ4n) is 4.03. The number of hydrogen-bond donors (Lipinski definition) is 2. The van der Waals surface area contributed by atoms with E-state index in [1.165, 1.54) is 12.1 Å². The minimum atomic E-state index is -4.24. The molecule has 34 heavy (non-hydrogen) atoms. The summed E-state index contributed by atoms with van der Waals surface area (Å²) in [6.07, 6.45) is -1.42. The van der Waals surface area contributed by atoms with Crippen LogP contribution in [0.4, 0.5) is 0 Å². The molecular formula is C22H30N2O7S3. The van der Waals surface area contributed by atoms with Crippen molar-refractivity contribution in [3.05, 3.63) is 58.7 Å². The molecule has 188 valence electrons. The molecule has 0 aromatic heterocycles. The summed E-state index contributed by atoms with van der Waals surface area (Å²) < 4.78 is 80.6. The highest BCUT2D eigenvalue weighted by Gasteiger charge is 2.45. The Morgan fingerprint density at radius 3 is 1.97 bits per heavy atom. The predicted octanol–water partition coefficient (Wildman–Crippen LogP) is 1.05. The lowest BCUT2D eigenvalue weighted by Gasteiger charge is -2.30. The summed E-state index contributed by atoms with van der Waals surface area (Å²) in [4.78, 5) is 0.0706. The first-order chi connectivity index (χ1) is 15.6. The van der Waals surface area contributed by atoms with Gasteiger partial charge in [-0.15, -0.1) is 0 Å². The first-order valence-corrected chi connectivity index (χ1v) is 15.4. The van der Waals surface area contributed by atoms with Gasteiger partial charge in [-0.1, -0.05) is 24.3 Å². The molecule has 2 atom stereocenters. The average molecular weight is 531 g/mol. The summed E-state index contributed by atoms with van der Waals surface area (Å²) in [6, 6.07) is 8.65. The molecule has 1 fully saturated rings. The Labute approximate surface area is 201 Å². The Morgan fingerprint density at radius 2 is 1.44 bits per heavy atom. The van der Waals surface area contributed by atoms with Crippen molar-refractivity contribution in [1.29, 1.82) is 0 Å². The van der Waals surface area contributed by atoms with Crippen molar-refractivity contribution in [1.82, 2.24) is 9.03 Å². The average Bonchev–Trinajstić information content (AvgIpc) is 3.00. The van der Waals surface area contributed by atoms with Gasteiger partial charge in [-0.25, -0.2) is 30.0 Å². The number of aryl methyl sites for hydroxylation is 4. The molecule has 3 rings (SSSR count). The fourth-order valence-corrected chi connectivity index (χ4v) is 9.24. The molecule has 0 amide bonds. The van der Waals surface area contributed by atoms with E-state index in [9.17, 15) is 30.4 Å². The fraction of sp³-hybridized carbons (Fsp3) is 0.455. The van der Waals surface area contributed by atoms with E-state index in [-0.39, 0.29) is 22.9 Å². The van der Waals surface area contributed by atoms with Crippen molar-refractivity contribution in [3.63, 3.8) is 0 Å². The highest BCUT2D eigenvalue weighted by atomic mass is 32.2. The van der Waals surface area contributed by atoms with Gasteiger partial charge in [-0.05, 0) is 62.1 Å². The predicted molar refractivity (Wildman–Crippen MR) is 129 cm³/mol. The number of aliphatic hydroxyl groups is 1. The molecule has 2 aromatic rings. The summed E-state index contributed by atoms with van der Waals surface area (Å²) in [7, 11) is -11.8. The maximum Gasteiger partial charge on any atom is 0.243 e. The second-order valence-corrected chi connectivity index (χ2v) is 14.5. The number of sulfonamides is 2. The number of nitrogens with one attached hydrogen (secondary N) is 1. The first-order valence-electron chi connectivity index (χ1n) is 10.7. The lowest BCUT2D eigenvalue weighted by atomic mass is 10.2. The zero-order valence-electron chi connectivity index (χ0n) is 19.5.